The smallest absolute Gasteiger partial charge is 0.407 e. The highest BCUT2D eigenvalue weighted by Crippen LogP contribution is 2.26. The predicted octanol–water partition coefficient (Wildman–Crippen LogP) is 3.24. The lowest BCUT2D eigenvalue weighted by Gasteiger charge is -2.26. The quantitative estimate of drug-likeness (QED) is 0.868. The summed E-state index contributed by atoms with van der Waals surface area (Å²) in [6.07, 6.45) is 2.58. The third-order valence-corrected chi connectivity index (χ3v) is 3.89. The van der Waals surface area contributed by atoms with Crippen molar-refractivity contribution in [2.45, 2.75) is 38.3 Å². The van der Waals surface area contributed by atoms with Gasteiger partial charge in [0.15, 0.2) is 0 Å². The summed E-state index contributed by atoms with van der Waals surface area (Å²) in [5.41, 5.74) is 0.957. The van der Waals surface area contributed by atoms with Crippen molar-refractivity contribution in [1.82, 2.24) is 5.32 Å². The Morgan fingerprint density at radius 3 is 2.40 bits per heavy atom. The number of hydrogen-bond acceptors (Lipinski definition) is 3. The van der Waals surface area contributed by atoms with Crippen molar-refractivity contribution in [3.63, 3.8) is 0 Å². The lowest BCUT2D eigenvalue weighted by Crippen LogP contribution is -2.38. The molecule has 1 N–H and O–H groups in total. The first-order valence-electron chi connectivity index (χ1n) is 6.81. The summed E-state index contributed by atoms with van der Waals surface area (Å²) in [4.78, 5) is 22.7. The molecule has 0 radical (unpaired) electrons. The van der Waals surface area contributed by atoms with Crippen molar-refractivity contribution < 1.29 is 14.3 Å². The fourth-order valence-corrected chi connectivity index (χ4v) is 2.61. The average Bonchev–Trinajstić information content (AvgIpc) is 2.47. The average molecular weight is 296 g/mol. The number of alkyl carbamates (subject to hydrolysis) is 1. The first kappa shape index (κ1) is 14.9. The topological polar surface area (TPSA) is 55.4 Å². The molecule has 0 atom stereocenters. The van der Waals surface area contributed by atoms with E-state index in [1.165, 1.54) is 0 Å². The van der Waals surface area contributed by atoms with E-state index in [1.807, 2.05) is 30.3 Å². The molecule has 0 aromatic heterocycles. The van der Waals surface area contributed by atoms with Crippen molar-refractivity contribution in [1.29, 1.82) is 0 Å². The highest BCUT2D eigenvalue weighted by molar-refractivity contribution is 6.63. The minimum absolute atomic E-state index is 0.0601. The molecule has 5 heteroatoms. The molecule has 0 heterocycles. The Bertz CT molecular complexity index is 455. The van der Waals surface area contributed by atoms with Crippen LogP contribution in [0.25, 0.3) is 0 Å². The molecule has 20 heavy (non-hydrogen) atoms. The van der Waals surface area contributed by atoms with E-state index >= 15 is 0 Å². The molecule has 0 aliphatic heterocycles. The zero-order valence-corrected chi connectivity index (χ0v) is 11.9. The number of carbonyl (C=O) groups excluding carboxylic acids is 2. The molecule has 1 fully saturated rings. The molecule has 0 bridgehead atoms. The van der Waals surface area contributed by atoms with Gasteiger partial charge in [-0.3, -0.25) is 4.79 Å². The van der Waals surface area contributed by atoms with Gasteiger partial charge in [-0.05, 0) is 42.8 Å². The number of halogens is 1. The van der Waals surface area contributed by atoms with Crippen molar-refractivity contribution in [3.8, 4) is 0 Å². The Kier molecular flexibility index (Phi) is 5.41. The van der Waals surface area contributed by atoms with E-state index in [0.717, 1.165) is 31.2 Å². The van der Waals surface area contributed by atoms with E-state index in [1.54, 1.807) is 0 Å². The zero-order chi connectivity index (χ0) is 14.4. The molecule has 0 spiro atoms. The maximum absolute atomic E-state index is 11.7. The van der Waals surface area contributed by atoms with Crippen LogP contribution in [0.15, 0.2) is 30.3 Å². The molecule has 1 aliphatic carbocycles. The summed E-state index contributed by atoms with van der Waals surface area (Å²) in [5, 5.41) is 2.56. The SMILES string of the molecule is O=C(N[C@H]1CC[C@H](C(=O)Cl)CC1)OCc1ccccc1. The van der Waals surface area contributed by atoms with Gasteiger partial charge >= 0.3 is 6.09 Å². The van der Waals surface area contributed by atoms with Crippen LogP contribution < -0.4 is 5.32 Å². The van der Waals surface area contributed by atoms with E-state index in [0.29, 0.717) is 0 Å². The van der Waals surface area contributed by atoms with Crippen LogP contribution in [0.3, 0.4) is 0 Å². The second-order valence-electron chi connectivity index (χ2n) is 5.06. The zero-order valence-electron chi connectivity index (χ0n) is 11.2. The lowest BCUT2D eigenvalue weighted by atomic mass is 9.87. The Balaban J connectivity index is 1.69. The standard InChI is InChI=1S/C15H18ClNO3/c16-14(18)12-6-8-13(9-7-12)17-15(19)20-10-11-4-2-1-3-5-11/h1-5,12-13H,6-10H2,(H,17,19)/t12-,13-. The van der Waals surface area contributed by atoms with Crippen LogP contribution >= 0.6 is 11.6 Å². The van der Waals surface area contributed by atoms with Crippen molar-refractivity contribution >= 4 is 22.9 Å². The highest BCUT2D eigenvalue weighted by atomic mass is 35.5. The number of benzene rings is 1. The Morgan fingerprint density at radius 2 is 1.80 bits per heavy atom. The van der Waals surface area contributed by atoms with Gasteiger partial charge in [-0.15, -0.1) is 0 Å². The second-order valence-corrected chi connectivity index (χ2v) is 5.43. The van der Waals surface area contributed by atoms with Crippen LogP contribution in [-0.4, -0.2) is 17.4 Å². The number of nitrogens with one attached hydrogen (secondary N) is 1. The molecule has 0 saturated heterocycles. The monoisotopic (exact) mass is 295 g/mol. The Morgan fingerprint density at radius 1 is 1.15 bits per heavy atom. The molecule has 1 aliphatic rings. The fourth-order valence-electron chi connectivity index (χ4n) is 2.40. The van der Waals surface area contributed by atoms with Crippen LogP contribution in [0.4, 0.5) is 4.79 Å². The number of rotatable bonds is 4. The fraction of sp³-hybridized carbons (Fsp3) is 0.467. The molecule has 1 saturated carbocycles. The van der Waals surface area contributed by atoms with Gasteiger partial charge in [-0.1, -0.05) is 30.3 Å². The minimum Gasteiger partial charge on any atom is -0.445 e. The summed E-state index contributed by atoms with van der Waals surface area (Å²) in [6.45, 7) is 0.266. The van der Waals surface area contributed by atoms with Gasteiger partial charge in [0, 0.05) is 12.0 Å². The van der Waals surface area contributed by atoms with Gasteiger partial charge in [-0.2, -0.15) is 0 Å². The summed E-state index contributed by atoms with van der Waals surface area (Å²) >= 11 is 5.48. The van der Waals surface area contributed by atoms with Crippen LogP contribution in [0.1, 0.15) is 31.2 Å². The van der Waals surface area contributed by atoms with E-state index in [2.05, 4.69) is 5.32 Å². The van der Waals surface area contributed by atoms with Gasteiger partial charge in [0.1, 0.15) is 6.61 Å². The summed E-state index contributed by atoms with van der Waals surface area (Å²) in [6, 6.07) is 9.61. The van der Waals surface area contributed by atoms with Gasteiger partial charge in [0.2, 0.25) is 5.24 Å². The predicted molar refractivity (Wildman–Crippen MR) is 76.4 cm³/mol. The largest absolute Gasteiger partial charge is 0.445 e. The molecule has 1 amide bonds. The summed E-state index contributed by atoms with van der Waals surface area (Å²) in [7, 11) is 0. The minimum atomic E-state index is -0.408. The lowest BCUT2D eigenvalue weighted by molar-refractivity contribution is -0.116. The molecular formula is C15H18ClNO3. The number of hydrogen-bond donors (Lipinski definition) is 1. The van der Waals surface area contributed by atoms with Gasteiger partial charge < -0.3 is 10.1 Å². The van der Waals surface area contributed by atoms with Crippen molar-refractivity contribution in [2.75, 3.05) is 0 Å². The maximum atomic E-state index is 11.7. The molecule has 108 valence electrons. The first-order valence-corrected chi connectivity index (χ1v) is 7.19. The van der Waals surface area contributed by atoms with E-state index in [-0.39, 0.29) is 23.8 Å². The van der Waals surface area contributed by atoms with E-state index in [4.69, 9.17) is 16.3 Å². The maximum Gasteiger partial charge on any atom is 0.407 e. The van der Waals surface area contributed by atoms with Crippen LogP contribution in [0.5, 0.6) is 0 Å². The second kappa shape index (κ2) is 7.29. The Labute approximate surface area is 123 Å². The molecule has 0 unspecified atom stereocenters. The van der Waals surface area contributed by atoms with Gasteiger partial charge in [0.05, 0.1) is 0 Å². The molecule has 1 aromatic carbocycles. The molecule has 4 nitrogen and oxygen atoms in total. The third-order valence-electron chi connectivity index (χ3n) is 3.58. The molecule has 1 aromatic rings. The first-order chi connectivity index (χ1) is 9.65. The molecular weight excluding hydrogens is 278 g/mol. The van der Waals surface area contributed by atoms with Crippen LogP contribution in [0.2, 0.25) is 0 Å². The normalized spacial score (nSPS) is 22.1. The summed E-state index contributed by atoms with van der Waals surface area (Å²) in [5.74, 6) is -0.0601. The van der Waals surface area contributed by atoms with Crippen LogP contribution in [0, 0.1) is 5.92 Å². The van der Waals surface area contributed by atoms with E-state index < -0.39 is 6.09 Å². The third kappa shape index (κ3) is 4.53. The van der Waals surface area contributed by atoms with Crippen LogP contribution in [-0.2, 0) is 16.1 Å². The highest BCUT2D eigenvalue weighted by Gasteiger charge is 2.26. The van der Waals surface area contributed by atoms with Crippen molar-refractivity contribution in [2.24, 2.45) is 5.92 Å². The van der Waals surface area contributed by atoms with Gasteiger partial charge in [-0.25, -0.2) is 4.79 Å². The molecule has 2 rings (SSSR count). The van der Waals surface area contributed by atoms with E-state index in [9.17, 15) is 9.59 Å². The van der Waals surface area contributed by atoms with Gasteiger partial charge in [0.25, 0.3) is 0 Å². The Hall–Kier alpha value is -1.55. The number of amides is 1. The van der Waals surface area contributed by atoms with Crippen molar-refractivity contribution in [3.05, 3.63) is 35.9 Å². The summed E-state index contributed by atoms with van der Waals surface area (Å²) < 4.78 is 5.16. The number of ether oxygens (including phenoxy) is 1. The number of carbonyl (C=O) groups is 2.